The van der Waals surface area contributed by atoms with Gasteiger partial charge >= 0.3 is 6.09 Å². The van der Waals surface area contributed by atoms with Crippen molar-refractivity contribution < 1.29 is 18.7 Å². The zero-order chi connectivity index (χ0) is 28.3. The second-order valence-electron chi connectivity index (χ2n) is 11.4. The highest BCUT2D eigenvalue weighted by atomic mass is 19.1. The average Bonchev–Trinajstić information content (AvgIpc) is 2.97. The Bertz CT molecular complexity index is 1150. The Hall–Kier alpha value is -3.22. The number of piperazine rings is 2. The van der Waals surface area contributed by atoms with Crippen LogP contribution in [0.2, 0.25) is 0 Å². The van der Waals surface area contributed by atoms with Gasteiger partial charge in [0.15, 0.2) is 11.6 Å². The predicted molar refractivity (Wildman–Crippen MR) is 152 cm³/mol. The van der Waals surface area contributed by atoms with Gasteiger partial charge in [-0.05, 0) is 38.5 Å². The summed E-state index contributed by atoms with van der Waals surface area (Å²) in [6.45, 7) is 12.5. The lowest BCUT2D eigenvalue weighted by Gasteiger charge is -2.38. The van der Waals surface area contributed by atoms with E-state index in [1.165, 1.54) is 0 Å². The summed E-state index contributed by atoms with van der Waals surface area (Å²) in [7, 11) is 0. The van der Waals surface area contributed by atoms with Gasteiger partial charge in [0.25, 0.3) is 0 Å². The topological polar surface area (TPSA) is 112 Å². The number of carbonyl (C=O) groups is 1. The number of benzene rings is 1. The largest absolute Gasteiger partial charge is 0.444 e. The lowest BCUT2D eigenvalue weighted by molar-refractivity contribution is 0.0225. The smallest absolute Gasteiger partial charge is 0.410 e. The van der Waals surface area contributed by atoms with E-state index in [-0.39, 0.29) is 17.6 Å². The lowest BCUT2D eigenvalue weighted by Crippen LogP contribution is -2.51. The fraction of sp³-hybridized carbons (Fsp3) is 0.607. The Morgan fingerprint density at radius 2 is 1.68 bits per heavy atom. The summed E-state index contributed by atoms with van der Waals surface area (Å²) in [5.74, 6) is 0.313. The zero-order valence-electron chi connectivity index (χ0n) is 23.7. The molecule has 0 aliphatic carbocycles. The quantitative estimate of drug-likeness (QED) is 0.568. The van der Waals surface area contributed by atoms with Crippen LogP contribution >= 0.6 is 0 Å². The molecule has 1 aromatic heterocycles. The van der Waals surface area contributed by atoms with Crippen LogP contribution < -0.4 is 25.8 Å². The number of hydrogen-bond donors (Lipinski definition) is 2. The van der Waals surface area contributed by atoms with Crippen LogP contribution in [0, 0.1) is 5.82 Å². The van der Waals surface area contributed by atoms with Crippen molar-refractivity contribution in [2.45, 2.75) is 39.0 Å². The number of anilines is 3. The summed E-state index contributed by atoms with van der Waals surface area (Å²) in [5.41, 5.74) is 7.72. The van der Waals surface area contributed by atoms with Crippen LogP contribution in [0.15, 0.2) is 24.3 Å². The molecule has 0 bridgehead atoms. The molecular formula is C28H41FN8O3. The van der Waals surface area contributed by atoms with Crippen molar-refractivity contribution in [1.82, 2.24) is 20.2 Å². The highest BCUT2D eigenvalue weighted by Gasteiger charge is 2.32. The van der Waals surface area contributed by atoms with E-state index in [9.17, 15) is 4.79 Å². The molecule has 1 amide bonds. The van der Waals surface area contributed by atoms with E-state index in [1.807, 2.05) is 25.7 Å². The molecule has 218 valence electrons. The Morgan fingerprint density at radius 1 is 1.02 bits per heavy atom. The number of nitrogens with one attached hydrogen (secondary N) is 1. The molecule has 0 spiro atoms. The summed E-state index contributed by atoms with van der Waals surface area (Å²) < 4.78 is 27.4. The van der Waals surface area contributed by atoms with Crippen LogP contribution in [0.1, 0.15) is 38.1 Å². The van der Waals surface area contributed by atoms with Crippen molar-refractivity contribution in [3.8, 4) is 0 Å². The van der Waals surface area contributed by atoms with E-state index < -0.39 is 17.5 Å². The summed E-state index contributed by atoms with van der Waals surface area (Å²) in [6, 6.07) is 8.33. The first-order chi connectivity index (χ1) is 19.2. The number of halogens is 1. The van der Waals surface area contributed by atoms with Crippen LogP contribution in [0.3, 0.4) is 0 Å². The van der Waals surface area contributed by atoms with Gasteiger partial charge in [0, 0.05) is 77.7 Å². The highest BCUT2D eigenvalue weighted by molar-refractivity contribution is 5.68. The van der Waals surface area contributed by atoms with E-state index in [0.717, 1.165) is 30.9 Å². The minimum atomic E-state index is -0.567. The molecule has 1 unspecified atom stereocenters. The van der Waals surface area contributed by atoms with Gasteiger partial charge in [-0.15, -0.1) is 0 Å². The molecule has 40 heavy (non-hydrogen) atoms. The van der Waals surface area contributed by atoms with Gasteiger partial charge in [-0.1, -0.05) is 12.1 Å². The maximum absolute atomic E-state index is 16.0. The fourth-order valence-corrected chi connectivity index (χ4v) is 5.18. The number of ether oxygens (including phenoxy) is 2. The van der Waals surface area contributed by atoms with Crippen LogP contribution in [0.5, 0.6) is 0 Å². The van der Waals surface area contributed by atoms with Gasteiger partial charge in [-0.2, -0.15) is 4.98 Å². The standard InChI is InChI=1S/C28H41FN8O3/c1-28(2,3)40-27(38)37-15-11-35(12-16-37)25-23(29)24(22-19-31-8-17-39-22)32-26(33-25)36-13-9-34(10-14-36)21-6-4-20(18-30)5-7-21/h4-7,22,31H,8-19,30H2,1-3H3. The first-order valence-corrected chi connectivity index (χ1v) is 14.1. The van der Waals surface area contributed by atoms with Gasteiger partial charge in [0.2, 0.25) is 5.95 Å². The molecule has 1 aromatic carbocycles. The molecule has 0 saturated carbocycles. The van der Waals surface area contributed by atoms with E-state index in [1.54, 1.807) is 4.90 Å². The van der Waals surface area contributed by atoms with Crippen molar-refractivity contribution in [3.63, 3.8) is 0 Å². The van der Waals surface area contributed by atoms with Crippen molar-refractivity contribution in [2.75, 3.05) is 86.8 Å². The third-order valence-electron chi connectivity index (χ3n) is 7.41. The monoisotopic (exact) mass is 556 g/mol. The van der Waals surface area contributed by atoms with E-state index >= 15 is 4.39 Å². The number of nitrogens with two attached hydrogens (primary N) is 1. The Balaban J connectivity index is 1.33. The second kappa shape index (κ2) is 12.1. The summed E-state index contributed by atoms with van der Waals surface area (Å²) in [4.78, 5) is 30.0. The summed E-state index contributed by atoms with van der Waals surface area (Å²) in [6.07, 6.45) is -0.839. The fourth-order valence-electron chi connectivity index (χ4n) is 5.18. The molecule has 2 aromatic rings. The maximum atomic E-state index is 16.0. The van der Waals surface area contributed by atoms with Crippen LogP contribution in [0.4, 0.5) is 26.6 Å². The number of carbonyl (C=O) groups excluding carboxylic acids is 1. The lowest BCUT2D eigenvalue weighted by atomic mass is 10.1. The normalized spacial score (nSPS) is 20.6. The minimum Gasteiger partial charge on any atom is -0.444 e. The highest BCUT2D eigenvalue weighted by Crippen LogP contribution is 2.30. The van der Waals surface area contributed by atoms with Crippen molar-refractivity contribution in [3.05, 3.63) is 41.3 Å². The van der Waals surface area contributed by atoms with Crippen molar-refractivity contribution in [2.24, 2.45) is 5.73 Å². The third kappa shape index (κ3) is 6.56. The van der Waals surface area contributed by atoms with Crippen molar-refractivity contribution in [1.29, 1.82) is 0 Å². The number of aromatic nitrogens is 2. The van der Waals surface area contributed by atoms with Gasteiger partial charge < -0.3 is 40.1 Å². The van der Waals surface area contributed by atoms with E-state index in [4.69, 9.17) is 25.2 Å². The molecule has 3 saturated heterocycles. The SMILES string of the molecule is CC(C)(C)OC(=O)N1CCN(c2nc(N3CCN(c4ccc(CN)cc4)CC3)nc(C3CNCCO3)c2F)CC1. The maximum Gasteiger partial charge on any atom is 0.410 e. The molecule has 3 N–H and O–H groups in total. The first-order valence-electron chi connectivity index (χ1n) is 14.1. The van der Waals surface area contributed by atoms with Gasteiger partial charge in [-0.3, -0.25) is 0 Å². The molecule has 4 heterocycles. The molecule has 1 atom stereocenters. The van der Waals surface area contributed by atoms with Crippen molar-refractivity contribution >= 4 is 23.5 Å². The second-order valence-corrected chi connectivity index (χ2v) is 11.4. The Labute approximate surface area is 235 Å². The van der Waals surface area contributed by atoms with E-state index in [0.29, 0.717) is 64.9 Å². The van der Waals surface area contributed by atoms with Crippen LogP contribution in [-0.2, 0) is 16.0 Å². The number of amides is 1. The molecule has 5 rings (SSSR count). The van der Waals surface area contributed by atoms with E-state index in [2.05, 4.69) is 39.4 Å². The molecule has 11 nitrogen and oxygen atoms in total. The summed E-state index contributed by atoms with van der Waals surface area (Å²) >= 11 is 0. The summed E-state index contributed by atoms with van der Waals surface area (Å²) in [5, 5.41) is 3.28. The van der Waals surface area contributed by atoms with Gasteiger partial charge in [-0.25, -0.2) is 14.2 Å². The van der Waals surface area contributed by atoms with Gasteiger partial charge in [0.1, 0.15) is 17.4 Å². The number of rotatable bonds is 5. The van der Waals surface area contributed by atoms with Crippen LogP contribution in [-0.4, -0.2) is 98.6 Å². The zero-order valence-corrected chi connectivity index (χ0v) is 23.7. The minimum absolute atomic E-state index is 0.262. The molecule has 3 aliphatic heterocycles. The number of nitrogens with zero attached hydrogens (tertiary/aromatic N) is 6. The number of morpholine rings is 1. The molecule has 0 radical (unpaired) electrons. The Morgan fingerprint density at radius 3 is 2.27 bits per heavy atom. The molecule has 12 heteroatoms. The predicted octanol–water partition coefficient (Wildman–Crippen LogP) is 2.12. The third-order valence-corrected chi connectivity index (χ3v) is 7.41. The molecule has 3 aliphatic rings. The first kappa shape index (κ1) is 28.3. The van der Waals surface area contributed by atoms with Gasteiger partial charge in [0.05, 0.1) is 6.61 Å². The average molecular weight is 557 g/mol. The van der Waals surface area contributed by atoms with Crippen LogP contribution in [0.25, 0.3) is 0 Å². The molecular weight excluding hydrogens is 515 g/mol. The Kier molecular flexibility index (Phi) is 8.57. The molecule has 3 fully saturated rings. The number of hydrogen-bond acceptors (Lipinski definition) is 10.